The summed E-state index contributed by atoms with van der Waals surface area (Å²) in [5, 5.41) is 10.9. The monoisotopic (exact) mass is 473 g/mol. The van der Waals surface area contributed by atoms with Crippen LogP contribution in [0.1, 0.15) is 71.6 Å². The van der Waals surface area contributed by atoms with Gasteiger partial charge in [-0.05, 0) is 56.9 Å². The van der Waals surface area contributed by atoms with Gasteiger partial charge in [-0.3, -0.25) is 14.2 Å². The summed E-state index contributed by atoms with van der Waals surface area (Å²) < 4.78 is 8.56. The predicted molar refractivity (Wildman–Crippen MR) is 125 cm³/mol. The first kappa shape index (κ1) is 22.3. The SMILES string of the molecule is O=C(Cn1nc2n(c1=O)CCCCC2)Nc1sc2c(c1C(=O)NC[C@@H]1CCCO1)CCCC2. The number of amides is 2. The number of hydrogen-bond donors (Lipinski definition) is 2. The van der Waals surface area contributed by atoms with Crippen LogP contribution < -0.4 is 16.3 Å². The maximum atomic E-state index is 13.1. The number of aromatic nitrogens is 3. The van der Waals surface area contributed by atoms with E-state index in [2.05, 4.69) is 15.7 Å². The fourth-order valence-corrected chi connectivity index (χ4v) is 6.33. The number of aryl methyl sites for hydroxylation is 2. The minimum Gasteiger partial charge on any atom is -0.376 e. The lowest BCUT2D eigenvalue weighted by Crippen LogP contribution is -2.33. The molecule has 0 bridgehead atoms. The lowest BCUT2D eigenvalue weighted by Gasteiger charge is -2.15. The molecule has 10 heteroatoms. The summed E-state index contributed by atoms with van der Waals surface area (Å²) in [5.74, 6) is 0.259. The van der Waals surface area contributed by atoms with E-state index in [1.807, 2.05) is 0 Å². The van der Waals surface area contributed by atoms with Crippen LogP contribution in [0.2, 0.25) is 0 Å². The molecule has 33 heavy (non-hydrogen) atoms. The van der Waals surface area contributed by atoms with E-state index in [0.29, 0.717) is 23.7 Å². The van der Waals surface area contributed by atoms with Gasteiger partial charge in [-0.25, -0.2) is 9.48 Å². The van der Waals surface area contributed by atoms with Gasteiger partial charge in [0.1, 0.15) is 17.4 Å². The fourth-order valence-electron chi connectivity index (χ4n) is 5.02. The molecule has 0 unspecified atom stereocenters. The van der Waals surface area contributed by atoms with Gasteiger partial charge in [0.15, 0.2) is 0 Å². The summed E-state index contributed by atoms with van der Waals surface area (Å²) in [6.07, 6.45) is 9.74. The molecule has 2 aliphatic heterocycles. The second-order valence-corrected chi connectivity index (χ2v) is 10.2. The zero-order valence-corrected chi connectivity index (χ0v) is 19.7. The Morgan fingerprint density at radius 1 is 1.09 bits per heavy atom. The summed E-state index contributed by atoms with van der Waals surface area (Å²) in [6.45, 7) is 1.72. The Morgan fingerprint density at radius 2 is 1.94 bits per heavy atom. The molecule has 0 spiro atoms. The Balaban J connectivity index is 1.32. The van der Waals surface area contributed by atoms with E-state index in [-0.39, 0.29) is 30.2 Å². The number of nitrogens with zero attached hydrogens (tertiary/aromatic N) is 3. The van der Waals surface area contributed by atoms with Crippen molar-refractivity contribution < 1.29 is 14.3 Å². The largest absolute Gasteiger partial charge is 0.376 e. The first-order valence-electron chi connectivity index (χ1n) is 12.1. The number of fused-ring (bicyclic) bond motifs is 2. The Bertz CT molecular complexity index is 1100. The molecule has 178 valence electrons. The maximum Gasteiger partial charge on any atom is 0.346 e. The molecule has 1 fully saturated rings. The average molecular weight is 474 g/mol. The zero-order chi connectivity index (χ0) is 22.8. The van der Waals surface area contributed by atoms with Crippen LogP contribution in [0.5, 0.6) is 0 Å². The van der Waals surface area contributed by atoms with E-state index in [1.54, 1.807) is 4.57 Å². The molecule has 9 nitrogen and oxygen atoms in total. The maximum absolute atomic E-state index is 13.1. The van der Waals surface area contributed by atoms with Gasteiger partial charge in [0.25, 0.3) is 5.91 Å². The second-order valence-electron chi connectivity index (χ2n) is 9.13. The van der Waals surface area contributed by atoms with E-state index in [4.69, 9.17) is 4.74 Å². The van der Waals surface area contributed by atoms with Crippen molar-refractivity contribution in [1.82, 2.24) is 19.7 Å². The van der Waals surface area contributed by atoms with Crippen LogP contribution in [0, 0.1) is 0 Å². The van der Waals surface area contributed by atoms with Crippen LogP contribution in [0.15, 0.2) is 4.79 Å². The number of hydrogen-bond acceptors (Lipinski definition) is 6. The van der Waals surface area contributed by atoms with Gasteiger partial charge in [-0.1, -0.05) is 6.42 Å². The van der Waals surface area contributed by atoms with Gasteiger partial charge >= 0.3 is 5.69 Å². The van der Waals surface area contributed by atoms with Gasteiger partial charge < -0.3 is 15.4 Å². The Morgan fingerprint density at radius 3 is 2.79 bits per heavy atom. The topological polar surface area (TPSA) is 107 Å². The van der Waals surface area contributed by atoms with E-state index in [0.717, 1.165) is 82.2 Å². The molecule has 3 aliphatic rings. The van der Waals surface area contributed by atoms with Gasteiger partial charge in [-0.2, -0.15) is 5.10 Å². The van der Waals surface area contributed by atoms with Crippen molar-refractivity contribution in [3.63, 3.8) is 0 Å². The van der Waals surface area contributed by atoms with E-state index in [1.165, 1.54) is 20.9 Å². The highest BCUT2D eigenvalue weighted by Crippen LogP contribution is 2.38. The zero-order valence-electron chi connectivity index (χ0n) is 18.9. The van der Waals surface area contributed by atoms with Crippen molar-refractivity contribution in [2.75, 3.05) is 18.5 Å². The first-order chi connectivity index (χ1) is 16.1. The quantitative estimate of drug-likeness (QED) is 0.669. The number of ether oxygens (including phenoxy) is 1. The number of nitrogens with one attached hydrogen (secondary N) is 2. The third kappa shape index (κ3) is 4.77. The molecule has 2 N–H and O–H groups in total. The highest BCUT2D eigenvalue weighted by Gasteiger charge is 2.27. The lowest BCUT2D eigenvalue weighted by molar-refractivity contribution is -0.116. The molecular weight excluding hydrogens is 442 g/mol. The molecule has 1 aliphatic carbocycles. The summed E-state index contributed by atoms with van der Waals surface area (Å²) in [5.41, 5.74) is 1.40. The average Bonchev–Trinajstić information content (AvgIpc) is 3.47. The van der Waals surface area contributed by atoms with Crippen molar-refractivity contribution in [2.45, 2.75) is 83.4 Å². The highest BCUT2D eigenvalue weighted by molar-refractivity contribution is 7.17. The molecule has 2 aromatic heterocycles. The third-order valence-corrected chi connectivity index (χ3v) is 7.95. The Kier molecular flexibility index (Phi) is 6.64. The van der Waals surface area contributed by atoms with Crippen LogP contribution in [-0.2, 0) is 41.9 Å². The van der Waals surface area contributed by atoms with Crippen molar-refractivity contribution in [3.05, 3.63) is 32.3 Å². The molecule has 2 amide bonds. The highest BCUT2D eigenvalue weighted by atomic mass is 32.1. The number of anilines is 1. The Hall–Kier alpha value is -2.46. The molecule has 4 heterocycles. The molecule has 5 rings (SSSR count). The Labute approximate surface area is 196 Å². The normalized spacial score (nSPS) is 20.1. The number of rotatable bonds is 6. The smallest absolute Gasteiger partial charge is 0.346 e. The van der Waals surface area contributed by atoms with Crippen LogP contribution >= 0.6 is 11.3 Å². The minimum absolute atomic E-state index is 0.0597. The summed E-state index contributed by atoms with van der Waals surface area (Å²) in [4.78, 5) is 39.9. The van der Waals surface area contributed by atoms with Crippen LogP contribution in [0.25, 0.3) is 0 Å². The van der Waals surface area contributed by atoms with Crippen molar-refractivity contribution >= 4 is 28.2 Å². The third-order valence-electron chi connectivity index (χ3n) is 6.74. The molecule has 0 saturated carbocycles. The minimum atomic E-state index is -0.336. The van der Waals surface area contributed by atoms with E-state index in [9.17, 15) is 14.4 Å². The van der Waals surface area contributed by atoms with Crippen molar-refractivity contribution in [2.24, 2.45) is 0 Å². The standard InChI is InChI=1S/C23H31N5O4S/c29-19(14-28-23(31)27-11-5-1-2-10-18(27)26-28)25-22-20(16-8-3-4-9-17(16)33-22)21(30)24-13-15-7-6-12-32-15/h15H,1-14H2,(H,24,30)(H,25,29)/t15-/m0/s1. The summed E-state index contributed by atoms with van der Waals surface area (Å²) >= 11 is 1.48. The molecule has 1 atom stereocenters. The van der Waals surface area contributed by atoms with Crippen molar-refractivity contribution in [1.29, 1.82) is 0 Å². The van der Waals surface area contributed by atoms with Crippen LogP contribution in [-0.4, -0.2) is 45.4 Å². The van der Waals surface area contributed by atoms with Crippen molar-refractivity contribution in [3.8, 4) is 0 Å². The fraction of sp³-hybridized carbons (Fsp3) is 0.652. The molecule has 2 aromatic rings. The lowest BCUT2D eigenvalue weighted by atomic mass is 9.95. The van der Waals surface area contributed by atoms with Gasteiger partial charge in [0, 0.05) is 31.0 Å². The van der Waals surface area contributed by atoms with E-state index < -0.39 is 0 Å². The molecule has 0 aromatic carbocycles. The predicted octanol–water partition coefficient (Wildman–Crippen LogP) is 2.26. The van der Waals surface area contributed by atoms with Crippen LogP contribution in [0.3, 0.4) is 0 Å². The number of thiophene rings is 1. The van der Waals surface area contributed by atoms with Gasteiger partial charge in [-0.15, -0.1) is 11.3 Å². The summed E-state index contributed by atoms with van der Waals surface area (Å²) in [7, 11) is 0. The van der Waals surface area contributed by atoms with Crippen LogP contribution in [0.4, 0.5) is 5.00 Å². The van der Waals surface area contributed by atoms with Gasteiger partial charge in [0.2, 0.25) is 5.91 Å². The molecule has 0 radical (unpaired) electrons. The second kappa shape index (κ2) is 9.80. The first-order valence-corrected chi connectivity index (χ1v) is 12.9. The summed E-state index contributed by atoms with van der Waals surface area (Å²) in [6, 6.07) is 0. The van der Waals surface area contributed by atoms with E-state index >= 15 is 0 Å². The number of carbonyl (C=O) groups is 2. The van der Waals surface area contributed by atoms with Gasteiger partial charge in [0.05, 0.1) is 11.7 Å². The number of carbonyl (C=O) groups excluding carboxylic acids is 2. The molecule has 1 saturated heterocycles. The molecular formula is C23H31N5O4S.